The van der Waals surface area contributed by atoms with E-state index in [1.165, 1.54) is 17.2 Å². The highest BCUT2D eigenvalue weighted by atomic mass is 16.5. The fourth-order valence-corrected chi connectivity index (χ4v) is 2.10. The third-order valence-corrected chi connectivity index (χ3v) is 3.38. The Morgan fingerprint density at radius 1 is 1.23 bits per heavy atom. The van der Waals surface area contributed by atoms with Gasteiger partial charge in [-0.15, -0.1) is 0 Å². The minimum Gasteiger partial charge on any atom is -0.491 e. The predicted molar refractivity (Wildman–Crippen MR) is 86.4 cm³/mol. The number of nitrogens with zero attached hydrogens (tertiary/aromatic N) is 1. The second-order valence-corrected chi connectivity index (χ2v) is 5.33. The lowest BCUT2D eigenvalue weighted by atomic mass is 10.0. The maximum atomic E-state index is 12.0. The molecule has 0 saturated carbocycles. The van der Waals surface area contributed by atoms with E-state index in [1.807, 2.05) is 24.3 Å². The smallest absolute Gasteiger partial charge is 0.293 e. The molecule has 0 atom stereocenters. The number of hydrogen-bond acceptors (Lipinski definition) is 3. The minimum atomic E-state index is -0.324. The number of amides is 1. The number of methoxy groups -OCH3 is 1. The van der Waals surface area contributed by atoms with Crippen LogP contribution in [-0.4, -0.2) is 17.6 Å². The summed E-state index contributed by atoms with van der Waals surface area (Å²) in [5, 5.41) is 2.78. The molecule has 5 heteroatoms. The number of benzene rings is 1. The number of aromatic nitrogens is 1. The molecule has 0 spiro atoms. The minimum absolute atomic E-state index is 0.0536. The highest BCUT2D eigenvalue weighted by molar-refractivity contribution is 5.90. The first-order valence-electron chi connectivity index (χ1n) is 7.14. The Labute approximate surface area is 129 Å². The monoisotopic (exact) mass is 300 g/mol. The van der Waals surface area contributed by atoms with Gasteiger partial charge in [-0.1, -0.05) is 26.0 Å². The standard InChI is InChI=1S/C17H20N2O3/c1-12(2)13-6-8-14(9-7-13)18-16(20)11-19-10-4-5-15(22-3)17(19)21/h4-10,12H,11H2,1-3H3,(H,18,20). The Bertz CT molecular complexity index is 703. The molecule has 1 aromatic carbocycles. The molecule has 0 fully saturated rings. The molecule has 0 radical (unpaired) electrons. The maximum Gasteiger partial charge on any atom is 0.293 e. The van der Waals surface area contributed by atoms with Crippen LogP contribution in [0.25, 0.3) is 0 Å². The largest absolute Gasteiger partial charge is 0.491 e. The lowest BCUT2D eigenvalue weighted by molar-refractivity contribution is -0.116. The molecule has 1 N–H and O–H groups in total. The van der Waals surface area contributed by atoms with Crippen LogP contribution in [0.4, 0.5) is 5.69 Å². The van der Waals surface area contributed by atoms with Crippen molar-refractivity contribution in [3.8, 4) is 5.75 Å². The van der Waals surface area contributed by atoms with E-state index in [4.69, 9.17) is 4.74 Å². The van der Waals surface area contributed by atoms with Gasteiger partial charge in [0.25, 0.3) is 5.56 Å². The van der Waals surface area contributed by atoms with Gasteiger partial charge >= 0.3 is 0 Å². The molecule has 2 rings (SSSR count). The molecule has 1 amide bonds. The van der Waals surface area contributed by atoms with Crippen molar-refractivity contribution in [2.45, 2.75) is 26.3 Å². The summed E-state index contributed by atoms with van der Waals surface area (Å²) in [6.07, 6.45) is 1.56. The Hall–Kier alpha value is -2.56. The van der Waals surface area contributed by atoms with Crippen LogP contribution in [0.2, 0.25) is 0 Å². The van der Waals surface area contributed by atoms with Crippen LogP contribution in [-0.2, 0) is 11.3 Å². The summed E-state index contributed by atoms with van der Waals surface area (Å²) in [5.74, 6) is 0.407. The van der Waals surface area contributed by atoms with E-state index in [0.717, 1.165) is 0 Å². The summed E-state index contributed by atoms with van der Waals surface area (Å²) in [4.78, 5) is 24.0. The number of nitrogens with one attached hydrogen (secondary N) is 1. The number of rotatable bonds is 5. The summed E-state index contributed by atoms with van der Waals surface area (Å²) in [6, 6.07) is 10.9. The van der Waals surface area contributed by atoms with Crippen LogP contribution in [0, 0.1) is 0 Å². The highest BCUT2D eigenvalue weighted by Crippen LogP contribution is 2.17. The molecule has 1 aromatic heterocycles. The van der Waals surface area contributed by atoms with E-state index in [9.17, 15) is 9.59 Å². The second-order valence-electron chi connectivity index (χ2n) is 5.33. The van der Waals surface area contributed by atoms with Crippen molar-refractivity contribution in [1.29, 1.82) is 0 Å². The zero-order chi connectivity index (χ0) is 16.1. The van der Waals surface area contributed by atoms with Gasteiger partial charge < -0.3 is 14.6 Å². The van der Waals surface area contributed by atoms with E-state index < -0.39 is 0 Å². The molecule has 0 aliphatic carbocycles. The van der Waals surface area contributed by atoms with Crippen molar-refractivity contribution in [3.63, 3.8) is 0 Å². The van der Waals surface area contributed by atoms with Gasteiger partial charge in [0, 0.05) is 11.9 Å². The number of carbonyl (C=O) groups excluding carboxylic acids is 1. The second kappa shape index (κ2) is 6.93. The van der Waals surface area contributed by atoms with E-state index >= 15 is 0 Å². The summed E-state index contributed by atoms with van der Waals surface area (Å²) >= 11 is 0. The normalized spacial score (nSPS) is 10.5. The quantitative estimate of drug-likeness (QED) is 0.923. The topological polar surface area (TPSA) is 60.3 Å². The first-order chi connectivity index (χ1) is 10.5. The summed E-state index contributed by atoms with van der Waals surface area (Å²) in [7, 11) is 1.43. The number of hydrogen-bond donors (Lipinski definition) is 1. The Kier molecular flexibility index (Phi) is 4.99. The van der Waals surface area contributed by atoms with Gasteiger partial charge in [-0.05, 0) is 35.7 Å². The van der Waals surface area contributed by atoms with Crippen LogP contribution >= 0.6 is 0 Å². The van der Waals surface area contributed by atoms with Crippen LogP contribution < -0.4 is 15.6 Å². The summed E-state index contributed by atoms with van der Waals surface area (Å²) < 4.78 is 6.27. The molecule has 1 heterocycles. The first-order valence-corrected chi connectivity index (χ1v) is 7.14. The Morgan fingerprint density at radius 2 is 1.91 bits per heavy atom. The molecule has 22 heavy (non-hydrogen) atoms. The fourth-order valence-electron chi connectivity index (χ4n) is 2.10. The van der Waals surface area contributed by atoms with E-state index in [1.54, 1.807) is 18.3 Å². The van der Waals surface area contributed by atoms with Crippen LogP contribution in [0.15, 0.2) is 47.4 Å². The SMILES string of the molecule is COc1cccn(CC(=O)Nc2ccc(C(C)C)cc2)c1=O. The number of ether oxygens (including phenoxy) is 1. The van der Waals surface area contributed by atoms with Crippen molar-refractivity contribution in [2.75, 3.05) is 12.4 Å². The number of anilines is 1. The molecule has 0 unspecified atom stereocenters. The van der Waals surface area contributed by atoms with Crippen LogP contribution in [0.1, 0.15) is 25.3 Å². The van der Waals surface area contributed by atoms with Crippen molar-refractivity contribution in [1.82, 2.24) is 4.57 Å². The average Bonchev–Trinajstić information content (AvgIpc) is 2.50. The molecule has 116 valence electrons. The molecular weight excluding hydrogens is 280 g/mol. The van der Waals surface area contributed by atoms with Gasteiger partial charge in [-0.25, -0.2) is 0 Å². The number of carbonyl (C=O) groups is 1. The molecule has 0 saturated heterocycles. The summed E-state index contributed by atoms with van der Waals surface area (Å²) in [5.41, 5.74) is 1.60. The van der Waals surface area contributed by atoms with Gasteiger partial charge in [0.1, 0.15) is 6.54 Å². The third-order valence-electron chi connectivity index (χ3n) is 3.38. The zero-order valence-electron chi connectivity index (χ0n) is 13.0. The molecule has 0 aliphatic heterocycles. The van der Waals surface area contributed by atoms with Crippen molar-refractivity contribution < 1.29 is 9.53 Å². The lowest BCUT2D eigenvalue weighted by Gasteiger charge is -2.10. The van der Waals surface area contributed by atoms with Gasteiger partial charge in [0.2, 0.25) is 5.91 Å². The van der Waals surface area contributed by atoms with Gasteiger partial charge in [0.15, 0.2) is 5.75 Å². The van der Waals surface area contributed by atoms with Gasteiger partial charge in [0.05, 0.1) is 7.11 Å². The highest BCUT2D eigenvalue weighted by Gasteiger charge is 2.08. The van der Waals surface area contributed by atoms with E-state index in [2.05, 4.69) is 19.2 Å². The molecular formula is C17H20N2O3. The predicted octanol–water partition coefficient (Wildman–Crippen LogP) is 2.62. The average molecular weight is 300 g/mol. The molecule has 2 aromatic rings. The van der Waals surface area contributed by atoms with Crippen molar-refractivity contribution in [2.24, 2.45) is 0 Å². The lowest BCUT2D eigenvalue weighted by Crippen LogP contribution is -2.27. The Morgan fingerprint density at radius 3 is 2.50 bits per heavy atom. The zero-order valence-corrected chi connectivity index (χ0v) is 13.0. The van der Waals surface area contributed by atoms with Crippen LogP contribution in [0.5, 0.6) is 5.75 Å². The molecule has 0 bridgehead atoms. The fraction of sp³-hybridized carbons (Fsp3) is 0.294. The number of pyridine rings is 1. The van der Waals surface area contributed by atoms with E-state index in [-0.39, 0.29) is 23.8 Å². The summed E-state index contributed by atoms with van der Waals surface area (Å²) in [6.45, 7) is 4.17. The van der Waals surface area contributed by atoms with Crippen LogP contribution in [0.3, 0.4) is 0 Å². The maximum absolute atomic E-state index is 12.0. The van der Waals surface area contributed by atoms with Gasteiger partial charge in [-0.3, -0.25) is 9.59 Å². The van der Waals surface area contributed by atoms with E-state index in [0.29, 0.717) is 11.6 Å². The molecule has 0 aliphatic rings. The first kappa shape index (κ1) is 15.8. The third kappa shape index (κ3) is 3.75. The van der Waals surface area contributed by atoms with Gasteiger partial charge in [-0.2, -0.15) is 0 Å². The van der Waals surface area contributed by atoms with Crippen molar-refractivity contribution in [3.05, 3.63) is 58.5 Å². The van der Waals surface area contributed by atoms with Crippen molar-refractivity contribution >= 4 is 11.6 Å². The molecule has 5 nitrogen and oxygen atoms in total. The Balaban J connectivity index is 2.06.